The molecule has 4 nitrogen and oxygen atoms in total. The first-order valence-corrected chi connectivity index (χ1v) is 6.95. The maximum Gasteiger partial charge on any atom is 0.263 e. The first kappa shape index (κ1) is 17.7. The Kier molecular flexibility index (Phi) is 6.42. The number of nitrogens with one attached hydrogen (secondary N) is 1. The van der Waals surface area contributed by atoms with Crippen molar-refractivity contribution in [1.29, 1.82) is 0 Å². The summed E-state index contributed by atoms with van der Waals surface area (Å²) in [6, 6.07) is 6.23. The summed E-state index contributed by atoms with van der Waals surface area (Å²) in [6.45, 7) is 7.23. The van der Waals surface area contributed by atoms with Crippen molar-refractivity contribution < 1.29 is 13.9 Å². The van der Waals surface area contributed by atoms with Crippen LogP contribution in [0.4, 0.5) is 4.39 Å². The molecule has 118 valence electrons. The number of carbonyl (C=O) groups is 1. The maximum atomic E-state index is 13.1. The fraction of sp³-hybridized carbons (Fsp3) is 0.533. The van der Waals surface area contributed by atoms with E-state index in [0.29, 0.717) is 12.3 Å². The molecule has 6 heteroatoms. The Morgan fingerprint density at radius 3 is 2.86 bits per heavy atom. The molecule has 0 aromatic heterocycles. The summed E-state index contributed by atoms with van der Waals surface area (Å²) in [5, 5.41) is 3.33. The molecule has 0 aliphatic carbocycles. The molecule has 3 atom stereocenters. The van der Waals surface area contributed by atoms with Gasteiger partial charge in [0.1, 0.15) is 11.6 Å². The number of hydrogen-bond acceptors (Lipinski definition) is 3. The molecule has 2 rings (SSSR count). The fourth-order valence-corrected chi connectivity index (χ4v) is 2.40. The van der Waals surface area contributed by atoms with Gasteiger partial charge in [-0.2, -0.15) is 0 Å². The Morgan fingerprint density at radius 1 is 1.48 bits per heavy atom. The molecule has 1 aromatic rings. The molecule has 1 N–H and O–H groups in total. The molecule has 0 spiro atoms. The van der Waals surface area contributed by atoms with Crippen molar-refractivity contribution in [2.75, 3.05) is 13.1 Å². The number of ether oxygens (including phenoxy) is 1. The minimum absolute atomic E-state index is 0. The van der Waals surface area contributed by atoms with Gasteiger partial charge < -0.3 is 15.0 Å². The normalized spacial score (nSPS) is 23.1. The third kappa shape index (κ3) is 4.32. The summed E-state index contributed by atoms with van der Waals surface area (Å²) >= 11 is 0. The molecule has 1 heterocycles. The van der Waals surface area contributed by atoms with Crippen molar-refractivity contribution >= 4 is 18.3 Å². The van der Waals surface area contributed by atoms with Gasteiger partial charge in [-0.3, -0.25) is 4.79 Å². The van der Waals surface area contributed by atoms with Crippen molar-refractivity contribution in [3.05, 3.63) is 30.1 Å². The zero-order chi connectivity index (χ0) is 14.7. The molecular weight excluding hydrogens is 295 g/mol. The van der Waals surface area contributed by atoms with Crippen LogP contribution in [0.25, 0.3) is 0 Å². The van der Waals surface area contributed by atoms with Crippen LogP contribution < -0.4 is 10.1 Å². The first-order valence-electron chi connectivity index (χ1n) is 6.95. The summed E-state index contributed by atoms with van der Waals surface area (Å²) in [6.07, 6.45) is -0.621. The molecule has 1 amide bonds. The van der Waals surface area contributed by atoms with E-state index in [1.54, 1.807) is 19.1 Å². The summed E-state index contributed by atoms with van der Waals surface area (Å²) < 4.78 is 18.6. The van der Waals surface area contributed by atoms with Gasteiger partial charge in [0.25, 0.3) is 5.91 Å². The number of amides is 1. The second-order valence-electron chi connectivity index (χ2n) is 5.23. The second kappa shape index (κ2) is 7.61. The Labute approximate surface area is 131 Å². The minimum Gasteiger partial charge on any atom is -0.481 e. The number of halogens is 2. The maximum absolute atomic E-state index is 13.1. The van der Waals surface area contributed by atoms with Crippen molar-refractivity contribution in [3.63, 3.8) is 0 Å². The predicted octanol–water partition coefficient (Wildman–Crippen LogP) is 2.22. The van der Waals surface area contributed by atoms with Gasteiger partial charge in [-0.05, 0) is 32.9 Å². The minimum atomic E-state index is -0.621. The smallest absolute Gasteiger partial charge is 0.263 e. The second-order valence-corrected chi connectivity index (χ2v) is 5.23. The highest BCUT2D eigenvalue weighted by Gasteiger charge is 2.31. The van der Waals surface area contributed by atoms with Gasteiger partial charge in [0.05, 0.1) is 0 Å². The van der Waals surface area contributed by atoms with Crippen LogP contribution in [-0.4, -0.2) is 42.1 Å². The topological polar surface area (TPSA) is 41.6 Å². The van der Waals surface area contributed by atoms with Crippen LogP contribution in [0.15, 0.2) is 24.3 Å². The Balaban J connectivity index is 0.00000220. The summed E-state index contributed by atoms with van der Waals surface area (Å²) in [4.78, 5) is 14.2. The van der Waals surface area contributed by atoms with E-state index in [0.717, 1.165) is 6.54 Å². The molecule has 1 aliphatic rings. The largest absolute Gasteiger partial charge is 0.481 e. The van der Waals surface area contributed by atoms with E-state index in [1.807, 2.05) is 11.8 Å². The van der Waals surface area contributed by atoms with Crippen LogP contribution in [0.3, 0.4) is 0 Å². The highest BCUT2D eigenvalue weighted by molar-refractivity contribution is 5.85. The lowest BCUT2D eigenvalue weighted by Crippen LogP contribution is -2.59. The van der Waals surface area contributed by atoms with Gasteiger partial charge in [-0.1, -0.05) is 6.07 Å². The van der Waals surface area contributed by atoms with Crippen molar-refractivity contribution in [2.24, 2.45) is 0 Å². The van der Waals surface area contributed by atoms with Crippen LogP contribution in [0.1, 0.15) is 20.8 Å². The third-order valence-electron chi connectivity index (χ3n) is 3.77. The highest BCUT2D eigenvalue weighted by Crippen LogP contribution is 2.16. The number of carbonyl (C=O) groups excluding carboxylic acids is 1. The third-order valence-corrected chi connectivity index (χ3v) is 3.77. The molecule has 0 bridgehead atoms. The van der Waals surface area contributed by atoms with E-state index >= 15 is 0 Å². The molecular formula is C15H22ClFN2O2. The van der Waals surface area contributed by atoms with Crippen molar-refractivity contribution in [2.45, 2.75) is 39.0 Å². The van der Waals surface area contributed by atoms with Crippen LogP contribution in [0.5, 0.6) is 5.75 Å². The number of hydrogen-bond donors (Lipinski definition) is 1. The van der Waals surface area contributed by atoms with Gasteiger partial charge in [-0.25, -0.2) is 4.39 Å². The predicted molar refractivity (Wildman–Crippen MR) is 82.4 cm³/mol. The summed E-state index contributed by atoms with van der Waals surface area (Å²) in [7, 11) is 0. The van der Waals surface area contributed by atoms with Gasteiger partial charge in [-0.15, -0.1) is 12.4 Å². The lowest BCUT2D eigenvalue weighted by molar-refractivity contribution is -0.141. The SMILES string of the molecule is CC(Oc1cccc(F)c1)C(=O)N1CCNC(C)C1C.Cl. The van der Waals surface area contributed by atoms with Gasteiger partial charge in [0, 0.05) is 31.2 Å². The van der Waals surface area contributed by atoms with E-state index in [2.05, 4.69) is 12.2 Å². The summed E-state index contributed by atoms with van der Waals surface area (Å²) in [5.74, 6) is -0.0527. The van der Waals surface area contributed by atoms with Gasteiger partial charge >= 0.3 is 0 Å². The molecule has 1 saturated heterocycles. The van der Waals surface area contributed by atoms with E-state index in [4.69, 9.17) is 4.74 Å². The Bertz CT molecular complexity index is 486. The van der Waals surface area contributed by atoms with E-state index in [-0.39, 0.29) is 36.2 Å². The van der Waals surface area contributed by atoms with E-state index in [1.165, 1.54) is 12.1 Å². The Hall–Kier alpha value is -1.33. The zero-order valence-electron chi connectivity index (χ0n) is 12.5. The van der Waals surface area contributed by atoms with Crippen LogP contribution >= 0.6 is 12.4 Å². The quantitative estimate of drug-likeness (QED) is 0.929. The Morgan fingerprint density at radius 2 is 2.19 bits per heavy atom. The van der Waals surface area contributed by atoms with Crippen LogP contribution in [-0.2, 0) is 4.79 Å². The van der Waals surface area contributed by atoms with Crippen LogP contribution in [0.2, 0.25) is 0 Å². The van der Waals surface area contributed by atoms with E-state index in [9.17, 15) is 9.18 Å². The molecule has 1 aliphatic heterocycles. The summed E-state index contributed by atoms with van der Waals surface area (Å²) in [5.41, 5.74) is 0. The molecule has 1 aromatic carbocycles. The number of rotatable bonds is 3. The van der Waals surface area contributed by atoms with Gasteiger partial charge in [0.2, 0.25) is 0 Å². The molecule has 21 heavy (non-hydrogen) atoms. The van der Waals surface area contributed by atoms with Crippen molar-refractivity contribution in [3.8, 4) is 5.75 Å². The number of piperazine rings is 1. The fourth-order valence-electron chi connectivity index (χ4n) is 2.40. The molecule has 0 radical (unpaired) electrons. The van der Waals surface area contributed by atoms with E-state index < -0.39 is 6.10 Å². The van der Waals surface area contributed by atoms with Crippen LogP contribution in [0, 0.1) is 5.82 Å². The lowest BCUT2D eigenvalue weighted by Gasteiger charge is -2.39. The average molecular weight is 317 g/mol. The lowest BCUT2D eigenvalue weighted by atomic mass is 10.1. The van der Waals surface area contributed by atoms with Gasteiger partial charge in [0.15, 0.2) is 6.10 Å². The number of nitrogens with zero attached hydrogens (tertiary/aromatic N) is 1. The molecule has 3 unspecified atom stereocenters. The molecule has 0 saturated carbocycles. The average Bonchev–Trinajstić information content (AvgIpc) is 2.41. The standard InChI is InChI=1S/C15H21FN2O2.ClH/c1-10-11(2)18(8-7-17-10)15(19)12(3)20-14-6-4-5-13(16)9-14;/h4-6,9-12,17H,7-8H2,1-3H3;1H. The monoisotopic (exact) mass is 316 g/mol. The highest BCUT2D eigenvalue weighted by atomic mass is 35.5. The van der Waals surface area contributed by atoms with Crippen molar-refractivity contribution in [1.82, 2.24) is 10.2 Å². The number of benzene rings is 1. The first-order chi connectivity index (χ1) is 9.49. The zero-order valence-corrected chi connectivity index (χ0v) is 13.3. The molecule has 1 fully saturated rings.